The molecule has 6 nitrogen and oxygen atoms in total. The van der Waals surface area contributed by atoms with E-state index in [1.807, 2.05) is 30.3 Å². The lowest BCUT2D eigenvalue weighted by Crippen LogP contribution is -2.49. The molecule has 0 unspecified atom stereocenters. The molecule has 0 aliphatic carbocycles. The van der Waals surface area contributed by atoms with Crippen LogP contribution in [0.15, 0.2) is 48.7 Å². The lowest BCUT2D eigenvalue weighted by Gasteiger charge is -2.37. The Kier molecular flexibility index (Phi) is 4.52. The summed E-state index contributed by atoms with van der Waals surface area (Å²) in [5.41, 5.74) is -0.576. The summed E-state index contributed by atoms with van der Waals surface area (Å²) in [5.74, 6) is 0.586. The molecule has 23 heavy (non-hydrogen) atoms. The number of nitrogens with zero attached hydrogens (tertiary/aromatic N) is 3. The summed E-state index contributed by atoms with van der Waals surface area (Å²) in [4.78, 5) is 14.0. The van der Waals surface area contributed by atoms with Gasteiger partial charge in [0.05, 0.1) is 0 Å². The van der Waals surface area contributed by atoms with Crippen LogP contribution in [0, 0.1) is 0 Å². The zero-order valence-corrected chi connectivity index (χ0v) is 12.8. The number of aromatic nitrogens is 2. The van der Waals surface area contributed by atoms with Crippen LogP contribution < -0.4 is 4.74 Å². The Morgan fingerprint density at radius 1 is 1.17 bits per heavy atom. The Morgan fingerprint density at radius 2 is 1.91 bits per heavy atom. The van der Waals surface area contributed by atoms with E-state index in [1.165, 1.54) is 6.20 Å². The predicted molar refractivity (Wildman–Crippen MR) is 84.1 cm³/mol. The molecule has 1 aliphatic rings. The first-order chi connectivity index (χ1) is 11.2. The van der Waals surface area contributed by atoms with Crippen LogP contribution in [-0.4, -0.2) is 51.4 Å². The molecule has 1 amide bonds. The number of benzene rings is 1. The number of carbonyl (C=O) groups is 1. The van der Waals surface area contributed by atoms with Gasteiger partial charge in [0, 0.05) is 19.3 Å². The van der Waals surface area contributed by atoms with Crippen molar-refractivity contribution in [1.29, 1.82) is 0 Å². The Bertz CT molecular complexity index is 641. The van der Waals surface area contributed by atoms with Crippen LogP contribution in [0.25, 0.3) is 0 Å². The fourth-order valence-corrected chi connectivity index (χ4v) is 2.58. The number of aliphatic hydroxyl groups is 1. The van der Waals surface area contributed by atoms with Gasteiger partial charge >= 0.3 is 0 Å². The van der Waals surface area contributed by atoms with Crippen molar-refractivity contribution in [1.82, 2.24) is 15.1 Å². The standard InChI is InChI=1S/C17H19N3O3/c21-16(15-7-4-10-18-19-15)20-11-8-17(22,9-12-20)13-23-14-5-2-1-3-6-14/h1-7,10,22H,8-9,11-13H2. The molecule has 6 heteroatoms. The molecule has 0 bridgehead atoms. The minimum Gasteiger partial charge on any atom is -0.491 e. The van der Waals surface area contributed by atoms with Crippen LogP contribution in [0.1, 0.15) is 23.3 Å². The first-order valence-corrected chi connectivity index (χ1v) is 7.64. The highest BCUT2D eigenvalue weighted by atomic mass is 16.5. The van der Waals surface area contributed by atoms with Gasteiger partial charge in [-0.3, -0.25) is 4.79 Å². The van der Waals surface area contributed by atoms with Crippen LogP contribution in [0.2, 0.25) is 0 Å². The van der Waals surface area contributed by atoms with Gasteiger partial charge in [0.2, 0.25) is 0 Å². The lowest BCUT2D eigenvalue weighted by molar-refractivity contribution is -0.0476. The fraction of sp³-hybridized carbons (Fsp3) is 0.353. The molecule has 1 N–H and O–H groups in total. The number of likely N-dealkylation sites (tertiary alicyclic amines) is 1. The summed E-state index contributed by atoms with van der Waals surface area (Å²) in [5, 5.41) is 18.2. The highest BCUT2D eigenvalue weighted by Crippen LogP contribution is 2.24. The smallest absolute Gasteiger partial charge is 0.274 e. The molecule has 1 aromatic heterocycles. The van der Waals surface area contributed by atoms with E-state index in [-0.39, 0.29) is 12.5 Å². The van der Waals surface area contributed by atoms with E-state index < -0.39 is 5.60 Å². The highest BCUT2D eigenvalue weighted by molar-refractivity contribution is 5.92. The molecule has 0 atom stereocenters. The van der Waals surface area contributed by atoms with Gasteiger partial charge in [0.15, 0.2) is 5.69 Å². The Labute approximate surface area is 134 Å². The minimum absolute atomic E-state index is 0.149. The molecule has 2 aromatic rings. The summed E-state index contributed by atoms with van der Waals surface area (Å²) >= 11 is 0. The normalized spacial score (nSPS) is 16.8. The zero-order chi connectivity index (χ0) is 16.1. The van der Waals surface area contributed by atoms with E-state index in [1.54, 1.807) is 17.0 Å². The molecular weight excluding hydrogens is 294 g/mol. The number of rotatable bonds is 4. The second-order valence-electron chi connectivity index (χ2n) is 5.73. The molecule has 1 saturated heterocycles. The minimum atomic E-state index is -0.908. The van der Waals surface area contributed by atoms with Crippen LogP contribution in [0.5, 0.6) is 5.75 Å². The largest absolute Gasteiger partial charge is 0.491 e. The Balaban J connectivity index is 1.54. The van der Waals surface area contributed by atoms with E-state index in [2.05, 4.69) is 10.2 Å². The molecule has 0 radical (unpaired) electrons. The van der Waals surface area contributed by atoms with E-state index in [0.717, 1.165) is 5.75 Å². The van der Waals surface area contributed by atoms with Gasteiger partial charge in [0.25, 0.3) is 5.91 Å². The number of hydrogen-bond donors (Lipinski definition) is 1. The molecule has 1 aliphatic heterocycles. The molecular formula is C17H19N3O3. The molecule has 0 saturated carbocycles. The quantitative estimate of drug-likeness (QED) is 0.926. The summed E-state index contributed by atoms with van der Waals surface area (Å²) in [7, 11) is 0. The Hall–Kier alpha value is -2.47. The monoisotopic (exact) mass is 313 g/mol. The third-order valence-electron chi connectivity index (χ3n) is 4.02. The van der Waals surface area contributed by atoms with Crippen molar-refractivity contribution in [2.45, 2.75) is 18.4 Å². The van der Waals surface area contributed by atoms with Gasteiger partial charge in [-0.05, 0) is 37.1 Å². The first kappa shape index (κ1) is 15.4. The number of piperidine rings is 1. The van der Waals surface area contributed by atoms with Crippen LogP contribution in [-0.2, 0) is 0 Å². The maximum atomic E-state index is 12.3. The number of ether oxygens (including phenoxy) is 1. The average Bonchev–Trinajstić information content (AvgIpc) is 2.62. The van der Waals surface area contributed by atoms with Gasteiger partial charge in [-0.1, -0.05) is 18.2 Å². The molecule has 1 aromatic carbocycles. The number of hydrogen-bond acceptors (Lipinski definition) is 5. The Morgan fingerprint density at radius 3 is 2.57 bits per heavy atom. The highest BCUT2D eigenvalue weighted by Gasteiger charge is 2.35. The summed E-state index contributed by atoms with van der Waals surface area (Å²) in [6, 6.07) is 12.7. The number of amides is 1. The van der Waals surface area contributed by atoms with Crippen molar-refractivity contribution < 1.29 is 14.6 Å². The number of carbonyl (C=O) groups excluding carboxylic acids is 1. The topological polar surface area (TPSA) is 75.6 Å². The first-order valence-electron chi connectivity index (χ1n) is 7.64. The van der Waals surface area contributed by atoms with Crippen molar-refractivity contribution in [3.63, 3.8) is 0 Å². The van der Waals surface area contributed by atoms with Gasteiger partial charge in [-0.15, -0.1) is 5.10 Å². The maximum Gasteiger partial charge on any atom is 0.274 e. The van der Waals surface area contributed by atoms with E-state index in [0.29, 0.717) is 31.6 Å². The fourth-order valence-electron chi connectivity index (χ4n) is 2.58. The molecule has 2 heterocycles. The predicted octanol–water partition coefficient (Wildman–Crippen LogP) is 1.52. The second-order valence-corrected chi connectivity index (χ2v) is 5.73. The summed E-state index contributed by atoms with van der Waals surface area (Å²) in [6.45, 7) is 1.18. The van der Waals surface area contributed by atoms with Gasteiger partial charge in [-0.25, -0.2) is 0 Å². The van der Waals surface area contributed by atoms with Gasteiger partial charge in [-0.2, -0.15) is 5.10 Å². The van der Waals surface area contributed by atoms with Crippen molar-refractivity contribution >= 4 is 5.91 Å². The summed E-state index contributed by atoms with van der Waals surface area (Å²) < 4.78 is 5.65. The van der Waals surface area contributed by atoms with E-state index in [4.69, 9.17) is 4.74 Å². The van der Waals surface area contributed by atoms with Crippen molar-refractivity contribution in [2.24, 2.45) is 0 Å². The molecule has 1 fully saturated rings. The van der Waals surface area contributed by atoms with Crippen molar-refractivity contribution in [3.05, 3.63) is 54.4 Å². The lowest BCUT2D eigenvalue weighted by atomic mass is 9.92. The third-order valence-corrected chi connectivity index (χ3v) is 4.02. The SMILES string of the molecule is O=C(c1cccnn1)N1CCC(O)(COc2ccccc2)CC1. The summed E-state index contributed by atoms with van der Waals surface area (Å²) in [6.07, 6.45) is 2.49. The maximum absolute atomic E-state index is 12.3. The van der Waals surface area contributed by atoms with Crippen molar-refractivity contribution in [3.8, 4) is 5.75 Å². The van der Waals surface area contributed by atoms with Crippen LogP contribution in [0.3, 0.4) is 0 Å². The van der Waals surface area contributed by atoms with E-state index in [9.17, 15) is 9.90 Å². The van der Waals surface area contributed by atoms with E-state index >= 15 is 0 Å². The van der Waals surface area contributed by atoms with Crippen LogP contribution >= 0.6 is 0 Å². The number of para-hydroxylation sites is 1. The zero-order valence-electron chi connectivity index (χ0n) is 12.8. The second kappa shape index (κ2) is 6.75. The average molecular weight is 313 g/mol. The van der Waals surface area contributed by atoms with Gasteiger partial charge < -0.3 is 14.7 Å². The molecule has 0 spiro atoms. The van der Waals surface area contributed by atoms with Crippen molar-refractivity contribution in [2.75, 3.05) is 19.7 Å². The van der Waals surface area contributed by atoms with Crippen LogP contribution in [0.4, 0.5) is 0 Å². The molecule has 3 rings (SSSR count). The third kappa shape index (κ3) is 3.84. The molecule has 120 valence electrons. The van der Waals surface area contributed by atoms with Gasteiger partial charge in [0.1, 0.15) is 18.0 Å².